The molecule has 4 heterocycles. The molecule has 15 heteroatoms. The summed E-state index contributed by atoms with van der Waals surface area (Å²) >= 11 is 0.777. The molecule has 0 unspecified atom stereocenters. The van der Waals surface area contributed by atoms with Crippen molar-refractivity contribution < 1.29 is 27.5 Å². The molecule has 208 valence electrons. The van der Waals surface area contributed by atoms with Gasteiger partial charge in [-0.2, -0.15) is 13.2 Å². The minimum atomic E-state index is -4.64. The maximum Gasteiger partial charge on any atom is 0.434 e. The van der Waals surface area contributed by atoms with Crippen LogP contribution in [0.1, 0.15) is 35.8 Å². The molecule has 5 N–H and O–H groups in total. The number of hydrogen-bond donors (Lipinski definition) is 4. The average Bonchev–Trinajstić information content (AvgIpc) is 3.61. The highest BCUT2D eigenvalue weighted by molar-refractivity contribution is 7.13. The summed E-state index contributed by atoms with van der Waals surface area (Å²) in [4.78, 5) is 38.9. The quantitative estimate of drug-likeness (QED) is 0.175. The number of alkyl halides is 3. The maximum atomic E-state index is 13.4. The van der Waals surface area contributed by atoms with Crippen molar-refractivity contribution in [1.82, 2.24) is 30.6 Å². The molecule has 0 atom stereocenters. The molecule has 1 fully saturated rings. The van der Waals surface area contributed by atoms with Crippen LogP contribution in [0.2, 0.25) is 0 Å². The molecule has 0 bridgehead atoms. The Kier molecular flexibility index (Phi) is 8.93. The Morgan fingerprint density at radius 1 is 1.13 bits per heavy atom. The number of aromatic nitrogens is 3. The van der Waals surface area contributed by atoms with E-state index in [0.717, 1.165) is 42.6 Å². The van der Waals surface area contributed by atoms with Gasteiger partial charge in [-0.3, -0.25) is 20.4 Å². The highest BCUT2D eigenvalue weighted by Gasteiger charge is 2.34. The van der Waals surface area contributed by atoms with Crippen molar-refractivity contribution in [2.24, 2.45) is 5.84 Å². The van der Waals surface area contributed by atoms with Crippen LogP contribution in [-0.2, 0) is 6.18 Å². The molecule has 0 aliphatic carbocycles. The molecule has 0 aromatic carbocycles. The van der Waals surface area contributed by atoms with Crippen molar-refractivity contribution in [3.63, 3.8) is 0 Å². The number of carbonyl (C=O) groups is 2. The first-order chi connectivity index (χ1) is 18.7. The fourth-order valence-corrected chi connectivity index (χ4v) is 4.87. The molecule has 3 aromatic rings. The number of hydrazine groups is 1. The summed E-state index contributed by atoms with van der Waals surface area (Å²) in [5.74, 6) is 4.92. The van der Waals surface area contributed by atoms with Gasteiger partial charge in [0.1, 0.15) is 17.4 Å². The fraction of sp³-hybridized carbons (Fsp3) is 0.375. The predicted molar refractivity (Wildman–Crippen MR) is 139 cm³/mol. The highest BCUT2D eigenvalue weighted by Crippen LogP contribution is 2.40. The van der Waals surface area contributed by atoms with E-state index in [2.05, 4.69) is 30.5 Å². The molecule has 3 aromatic heterocycles. The van der Waals surface area contributed by atoms with Crippen molar-refractivity contribution in [1.29, 1.82) is 0 Å². The molecule has 3 amide bonds. The third kappa shape index (κ3) is 6.99. The van der Waals surface area contributed by atoms with Crippen LogP contribution in [0.5, 0.6) is 5.88 Å². The zero-order chi connectivity index (χ0) is 28.0. The summed E-state index contributed by atoms with van der Waals surface area (Å²) in [5.41, 5.74) is 1.91. The minimum Gasteiger partial charge on any atom is -0.476 e. The topological polar surface area (TPSA) is 147 Å². The zero-order valence-corrected chi connectivity index (χ0v) is 21.8. The summed E-state index contributed by atoms with van der Waals surface area (Å²) in [7, 11) is 0. The predicted octanol–water partition coefficient (Wildman–Crippen LogP) is 3.51. The Labute approximate surface area is 226 Å². The average molecular weight is 565 g/mol. The van der Waals surface area contributed by atoms with Crippen molar-refractivity contribution in [3.8, 4) is 27.6 Å². The summed E-state index contributed by atoms with van der Waals surface area (Å²) in [6, 6.07) is 2.34. The monoisotopic (exact) mass is 564 g/mol. The number of likely N-dealkylation sites (tertiary alicyclic amines) is 1. The molecule has 4 rings (SSSR count). The summed E-state index contributed by atoms with van der Waals surface area (Å²) in [6.07, 6.45) is 0.242. The lowest BCUT2D eigenvalue weighted by Crippen LogP contribution is -2.30. The Hall–Kier alpha value is -3.82. The molecule has 1 aliphatic rings. The van der Waals surface area contributed by atoms with Gasteiger partial charge < -0.3 is 10.1 Å². The molecule has 0 saturated carbocycles. The smallest absolute Gasteiger partial charge is 0.434 e. The SMILES string of the molecule is CCNC(=O)Nc1cc(-c2nc(C(F)(F)F)cs2)c(-c2cc(C(=O)NN)cnc2OCCN2CCCC2)cn1. The normalized spacial score (nSPS) is 13.8. The molecule has 0 spiro atoms. The first-order valence-corrected chi connectivity index (χ1v) is 13.0. The van der Waals surface area contributed by atoms with Gasteiger partial charge in [-0.05, 0) is 45.0 Å². The number of hydrogen-bond acceptors (Lipinski definition) is 9. The van der Waals surface area contributed by atoms with E-state index >= 15 is 0 Å². The van der Waals surface area contributed by atoms with E-state index in [1.807, 2.05) is 5.43 Å². The van der Waals surface area contributed by atoms with E-state index in [1.54, 1.807) is 6.92 Å². The van der Waals surface area contributed by atoms with E-state index in [4.69, 9.17) is 10.6 Å². The van der Waals surface area contributed by atoms with Gasteiger partial charge in [0.2, 0.25) is 5.88 Å². The number of urea groups is 1. The maximum absolute atomic E-state index is 13.4. The number of nitrogens with zero attached hydrogens (tertiary/aromatic N) is 4. The van der Waals surface area contributed by atoms with Crippen LogP contribution >= 0.6 is 11.3 Å². The van der Waals surface area contributed by atoms with Gasteiger partial charge in [0.05, 0.1) is 5.56 Å². The van der Waals surface area contributed by atoms with Crippen LogP contribution in [0.15, 0.2) is 29.9 Å². The van der Waals surface area contributed by atoms with Crippen LogP contribution in [0.3, 0.4) is 0 Å². The molecule has 39 heavy (non-hydrogen) atoms. The Balaban J connectivity index is 1.78. The molecule has 0 radical (unpaired) electrons. The number of rotatable bonds is 9. The van der Waals surface area contributed by atoms with E-state index in [-0.39, 0.29) is 27.8 Å². The molecule has 1 aliphatic heterocycles. The largest absolute Gasteiger partial charge is 0.476 e. The van der Waals surface area contributed by atoms with Gasteiger partial charge in [-0.25, -0.2) is 25.6 Å². The number of amides is 3. The van der Waals surface area contributed by atoms with E-state index in [1.165, 1.54) is 24.5 Å². The van der Waals surface area contributed by atoms with E-state index in [9.17, 15) is 22.8 Å². The summed E-state index contributed by atoms with van der Waals surface area (Å²) in [6.45, 7) is 5.00. The van der Waals surface area contributed by atoms with Gasteiger partial charge in [0.25, 0.3) is 5.91 Å². The van der Waals surface area contributed by atoms with Crippen LogP contribution in [0.4, 0.5) is 23.8 Å². The molecular formula is C24H27F3N8O3S. The molecule has 1 saturated heterocycles. The second-order valence-electron chi connectivity index (χ2n) is 8.58. The molecule has 11 nitrogen and oxygen atoms in total. The van der Waals surface area contributed by atoms with Gasteiger partial charge in [0, 0.05) is 47.6 Å². The van der Waals surface area contributed by atoms with Crippen molar-refractivity contribution >= 4 is 29.1 Å². The number of ether oxygens (including phenoxy) is 1. The minimum absolute atomic E-state index is 0.0235. The van der Waals surface area contributed by atoms with Gasteiger partial charge >= 0.3 is 12.2 Å². The van der Waals surface area contributed by atoms with Crippen molar-refractivity contribution in [3.05, 3.63) is 41.2 Å². The van der Waals surface area contributed by atoms with Crippen LogP contribution in [0, 0.1) is 0 Å². The van der Waals surface area contributed by atoms with Crippen molar-refractivity contribution in [2.75, 3.05) is 38.1 Å². The molecular weight excluding hydrogens is 537 g/mol. The lowest BCUT2D eigenvalue weighted by molar-refractivity contribution is -0.140. The Morgan fingerprint density at radius 3 is 2.56 bits per heavy atom. The lowest BCUT2D eigenvalue weighted by Gasteiger charge is -2.17. The second-order valence-corrected chi connectivity index (χ2v) is 9.44. The van der Waals surface area contributed by atoms with Gasteiger partial charge in [0.15, 0.2) is 5.69 Å². The number of thiazole rings is 1. The lowest BCUT2D eigenvalue weighted by atomic mass is 10.0. The third-order valence-electron chi connectivity index (χ3n) is 5.89. The first kappa shape index (κ1) is 28.2. The van der Waals surface area contributed by atoms with E-state index < -0.39 is 23.8 Å². The van der Waals surface area contributed by atoms with Crippen LogP contribution < -0.4 is 26.6 Å². The van der Waals surface area contributed by atoms with Crippen LogP contribution in [-0.4, -0.2) is 64.6 Å². The summed E-state index contributed by atoms with van der Waals surface area (Å²) in [5, 5.41) is 6.04. The van der Waals surface area contributed by atoms with Crippen molar-refractivity contribution in [2.45, 2.75) is 25.9 Å². The summed E-state index contributed by atoms with van der Waals surface area (Å²) < 4.78 is 46.1. The number of nitrogen functional groups attached to an aromatic ring is 1. The van der Waals surface area contributed by atoms with Crippen LogP contribution in [0.25, 0.3) is 21.7 Å². The zero-order valence-electron chi connectivity index (χ0n) is 21.0. The number of nitrogens with two attached hydrogens (primary N) is 1. The highest BCUT2D eigenvalue weighted by atomic mass is 32.1. The Bertz CT molecular complexity index is 1330. The number of nitrogens with one attached hydrogen (secondary N) is 3. The number of pyridine rings is 2. The fourth-order valence-electron chi connectivity index (χ4n) is 4.01. The number of carbonyl (C=O) groups excluding carboxylic acids is 2. The number of halogens is 3. The Morgan fingerprint density at radius 2 is 1.90 bits per heavy atom. The first-order valence-electron chi connectivity index (χ1n) is 12.1. The van der Waals surface area contributed by atoms with E-state index in [0.29, 0.717) is 30.8 Å². The van der Waals surface area contributed by atoms with Gasteiger partial charge in [-0.15, -0.1) is 11.3 Å². The second kappa shape index (κ2) is 12.4. The third-order valence-corrected chi connectivity index (χ3v) is 6.76. The number of anilines is 1. The van der Waals surface area contributed by atoms with Gasteiger partial charge in [-0.1, -0.05) is 0 Å². The standard InChI is InChI=1S/C24H27F3N8O3S/c1-2-29-23(37)33-19-10-16(22-32-18(13-39-22)24(25,26)27)17(12-30-19)15-9-14(20(36)34-28)11-31-21(15)38-8-7-35-5-3-4-6-35/h9-13H,2-8,28H2,1H3,(H,34,36)(H2,29,30,33,37).